The van der Waals surface area contributed by atoms with E-state index in [0.717, 1.165) is 0 Å². The Balaban J connectivity index is 3.14. The fraction of sp³-hybridized carbons (Fsp3) is 0.571. The lowest BCUT2D eigenvalue weighted by molar-refractivity contribution is 0.859. The maximum Gasteiger partial charge on any atom is -0.0316 e. The van der Waals surface area contributed by atoms with Crippen molar-refractivity contribution in [2.45, 2.75) is 52.4 Å². The molecule has 0 heteroatoms. The summed E-state index contributed by atoms with van der Waals surface area (Å²) in [6.45, 7) is 4.25. The molecule has 0 spiro atoms. The predicted molar refractivity (Wildman–Crippen MR) is 66.5 cm³/mol. The van der Waals surface area contributed by atoms with Crippen molar-refractivity contribution in [2.24, 2.45) is 0 Å². The first-order valence-corrected chi connectivity index (χ1v) is 5.83. The molecule has 0 unspecified atom stereocenters. The van der Waals surface area contributed by atoms with Gasteiger partial charge in [-0.2, -0.15) is 0 Å². The molecule has 0 aromatic rings. The molecule has 0 fully saturated rings. The molecule has 14 heavy (non-hydrogen) atoms. The highest BCUT2D eigenvalue weighted by atomic mass is 13.9. The summed E-state index contributed by atoms with van der Waals surface area (Å²) in [5.41, 5.74) is 0. The minimum atomic E-state index is 1.17. The smallest absolute Gasteiger partial charge is 0.0316 e. The van der Waals surface area contributed by atoms with E-state index in [2.05, 4.69) is 50.3 Å². The minimum Gasteiger partial charge on any atom is -0.0917 e. The van der Waals surface area contributed by atoms with Crippen LogP contribution in [-0.4, -0.2) is 0 Å². The molecule has 0 heterocycles. The van der Waals surface area contributed by atoms with Crippen LogP contribution in [0.15, 0.2) is 36.5 Å². The molecule has 0 bridgehead atoms. The first kappa shape index (κ1) is 13.2. The zero-order chi connectivity index (χ0) is 10.5. The van der Waals surface area contributed by atoms with Crippen LogP contribution >= 0.6 is 0 Å². The highest BCUT2D eigenvalue weighted by Crippen LogP contribution is 2.00. The molecule has 0 saturated heterocycles. The molecule has 0 saturated carbocycles. The highest BCUT2D eigenvalue weighted by molar-refractivity contribution is 4.87. The highest BCUT2D eigenvalue weighted by Gasteiger charge is 1.80. The van der Waals surface area contributed by atoms with Crippen LogP contribution in [0.25, 0.3) is 0 Å². The first-order chi connectivity index (χ1) is 6.91. The van der Waals surface area contributed by atoms with E-state index in [9.17, 15) is 0 Å². The first-order valence-electron chi connectivity index (χ1n) is 5.83. The zero-order valence-electron chi connectivity index (χ0n) is 9.71. The van der Waals surface area contributed by atoms with E-state index in [-0.39, 0.29) is 0 Å². The number of allylic oxidation sites excluding steroid dienone is 6. The predicted octanol–water partition coefficient (Wildman–Crippen LogP) is 5.04. The normalized spacial score (nSPS) is 12.4. The van der Waals surface area contributed by atoms with Crippen molar-refractivity contribution < 1.29 is 0 Å². The molecule has 80 valence electrons. The summed E-state index contributed by atoms with van der Waals surface area (Å²) < 4.78 is 0. The summed E-state index contributed by atoms with van der Waals surface area (Å²) in [7, 11) is 0. The number of hydrogen-bond donors (Lipinski definition) is 0. The van der Waals surface area contributed by atoms with Gasteiger partial charge in [0.1, 0.15) is 0 Å². The average Bonchev–Trinajstić information content (AvgIpc) is 2.21. The average molecular weight is 192 g/mol. The van der Waals surface area contributed by atoms with Gasteiger partial charge in [0.25, 0.3) is 0 Å². The van der Waals surface area contributed by atoms with Crippen molar-refractivity contribution >= 4 is 0 Å². The summed E-state index contributed by atoms with van der Waals surface area (Å²) in [5.74, 6) is 0. The Kier molecular flexibility index (Phi) is 11.5. The number of hydrogen-bond acceptors (Lipinski definition) is 0. The van der Waals surface area contributed by atoms with Crippen molar-refractivity contribution in [2.75, 3.05) is 0 Å². The summed E-state index contributed by atoms with van der Waals surface area (Å²) in [5, 5.41) is 0. The van der Waals surface area contributed by atoms with Gasteiger partial charge in [-0.15, -0.1) is 0 Å². The molecular weight excluding hydrogens is 168 g/mol. The van der Waals surface area contributed by atoms with Gasteiger partial charge in [0, 0.05) is 0 Å². The van der Waals surface area contributed by atoms with Crippen LogP contribution in [0.4, 0.5) is 0 Å². The van der Waals surface area contributed by atoms with Crippen LogP contribution in [0.2, 0.25) is 0 Å². The second-order valence-corrected chi connectivity index (χ2v) is 3.43. The van der Waals surface area contributed by atoms with Crippen LogP contribution < -0.4 is 0 Å². The topological polar surface area (TPSA) is 0 Å². The maximum atomic E-state index is 2.31. The summed E-state index contributed by atoms with van der Waals surface area (Å²) in [6, 6.07) is 0. The lowest BCUT2D eigenvalue weighted by Crippen LogP contribution is -1.70. The Labute approximate surface area is 89.4 Å². The van der Waals surface area contributed by atoms with Gasteiger partial charge in [0.2, 0.25) is 0 Å². The van der Waals surface area contributed by atoms with E-state index >= 15 is 0 Å². The third kappa shape index (κ3) is 11.2. The monoisotopic (exact) mass is 192 g/mol. The minimum absolute atomic E-state index is 1.17. The fourth-order valence-electron chi connectivity index (χ4n) is 1.23. The third-order valence-electron chi connectivity index (χ3n) is 2.05. The third-order valence-corrected chi connectivity index (χ3v) is 2.05. The van der Waals surface area contributed by atoms with Crippen molar-refractivity contribution in [3.63, 3.8) is 0 Å². The Morgan fingerprint density at radius 3 is 1.93 bits per heavy atom. The van der Waals surface area contributed by atoms with E-state index in [1.165, 1.54) is 38.5 Å². The van der Waals surface area contributed by atoms with Gasteiger partial charge < -0.3 is 0 Å². The largest absolute Gasteiger partial charge is 0.0917 e. The van der Waals surface area contributed by atoms with Crippen molar-refractivity contribution in [3.8, 4) is 0 Å². The molecule has 0 rings (SSSR count). The number of unbranched alkanes of at least 4 members (excludes halogenated alkanes) is 3. The quantitative estimate of drug-likeness (QED) is 0.373. The Morgan fingerprint density at radius 2 is 1.29 bits per heavy atom. The van der Waals surface area contributed by atoms with E-state index < -0.39 is 0 Å². The van der Waals surface area contributed by atoms with E-state index in [4.69, 9.17) is 0 Å². The SMILES string of the molecule is CC=CCCC=CCCCC=CCC. The Bertz CT molecular complexity index is 172. The maximum absolute atomic E-state index is 2.31. The second kappa shape index (κ2) is 12.2. The van der Waals surface area contributed by atoms with Crippen LogP contribution in [0.3, 0.4) is 0 Å². The second-order valence-electron chi connectivity index (χ2n) is 3.43. The van der Waals surface area contributed by atoms with Crippen LogP contribution in [0.1, 0.15) is 52.4 Å². The van der Waals surface area contributed by atoms with Gasteiger partial charge in [0.15, 0.2) is 0 Å². The standard InChI is InChI=1S/C14H24/c1-3-5-7-9-11-13-14-12-10-8-6-4-2/h3,5-6,8,11,13H,4,7,9-10,12,14H2,1-2H3. The fourth-order valence-corrected chi connectivity index (χ4v) is 1.23. The summed E-state index contributed by atoms with van der Waals surface area (Å²) in [4.78, 5) is 0. The molecule has 0 aliphatic rings. The summed E-state index contributed by atoms with van der Waals surface area (Å²) >= 11 is 0. The lowest BCUT2D eigenvalue weighted by atomic mass is 10.2. The van der Waals surface area contributed by atoms with Crippen LogP contribution in [-0.2, 0) is 0 Å². The van der Waals surface area contributed by atoms with Gasteiger partial charge in [0.05, 0.1) is 0 Å². The summed E-state index contributed by atoms with van der Waals surface area (Å²) in [6.07, 6.45) is 20.7. The molecule has 0 aliphatic carbocycles. The molecule has 0 nitrogen and oxygen atoms in total. The van der Waals surface area contributed by atoms with Gasteiger partial charge >= 0.3 is 0 Å². The van der Waals surface area contributed by atoms with Crippen molar-refractivity contribution in [3.05, 3.63) is 36.5 Å². The molecular formula is C14H24. The van der Waals surface area contributed by atoms with E-state index in [1.54, 1.807) is 0 Å². The van der Waals surface area contributed by atoms with E-state index in [1.807, 2.05) is 0 Å². The lowest BCUT2D eigenvalue weighted by Gasteiger charge is -1.90. The zero-order valence-corrected chi connectivity index (χ0v) is 9.71. The molecule has 0 N–H and O–H groups in total. The Hall–Kier alpha value is -0.780. The molecule has 0 aromatic carbocycles. The van der Waals surface area contributed by atoms with Gasteiger partial charge in [-0.05, 0) is 45.4 Å². The molecule has 0 amide bonds. The van der Waals surface area contributed by atoms with Gasteiger partial charge in [-0.1, -0.05) is 43.4 Å². The number of rotatable bonds is 8. The van der Waals surface area contributed by atoms with Gasteiger partial charge in [-0.25, -0.2) is 0 Å². The van der Waals surface area contributed by atoms with Crippen LogP contribution in [0.5, 0.6) is 0 Å². The van der Waals surface area contributed by atoms with Crippen molar-refractivity contribution in [1.82, 2.24) is 0 Å². The molecule has 0 atom stereocenters. The molecule has 0 aromatic heterocycles. The van der Waals surface area contributed by atoms with E-state index in [0.29, 0.717) is 0 Å². The van der Waals surface area contributed by atoms with Crippen molar-refractivity contribution in [1.29, 1.82) is 0 Å². The van der Waals surface area contributed by atoms with Crippen LogP contribution in [0, 0.1) is 0 Å². The molecule has 0 radical (unpaired) electrons. The molecule has 0 aliphatic heterocycles. The Morgan fingerprint density at radius 1 is 0.714 bits per heavy atom. The van der Waals surface area contributed by atoms with Gasteiger partial charge in [-0.3, -0.25) is 0 Å².